The maximum absolute atomic E-state index is 11.7. The molecule has 0 fully saturated rings. The first kappa shape index (κ1) is 14.7. The normalized spacial score (nSPS) is 11.0. The standard InChI is InChI=1S/C15H15NO3/c1-10(2)14(17)13(9-16)8-11-4-6-12(7-5-11)15(18)19-3/h4-8,10H,1-3H3/b13-8-. The highest BCUT2D eigenvalue weighted by Crippen LogP contribution is 2.13. The summed E-state index contributed by atoms with van der Waals surface area (Å²) in [6.45, 7) is 3.49. The molecule has 19 heavy (non-hydrogen) atoms. The van der Waals surface area contributed by atoms with Gasteiger partial charge in [0.1, 0.15) is 6.07 Å². The number of carbonyl (C=O) groups is 2. The van der Waals surface area contributed by atoms with Gasteiger partial charge in [-0.05, 0) is 23.8 Å². The smallest absolute Gasteiger partial charge is 0.337 e. The van der Waals surface area contributed by atoms with Crippen LogP contribution >= 0.6 is 0 Å². The predicted octanol–water partition coefficient (Wildman–Crippen LogP) is 2.61. The number of nitrogens with zero attached hydrogens (tertiary/aromatic N) is 1. The molecule has 0 aliphatic heterocycles. The van der Waals surface area contributed by atoms with Gasteiger partial charge in [-0.3, -0.25) is 4.79 Å². The van der Waals surface area contributed by atoms with Crippen molar-refractivity contribution in [2.24, 2.45) is 5.92 Å². The fraction of sp³-hybridized carbons (Fsp3) is 0.267. The molecule has 0 aliphatic rings. The van der Waals surface area contributed by atoms with Crippen LogP contribution in [-0.4, -0.2) is 18.9 Å². The quantitative estimate of drug-likeness (QED) is 0.472. The van der Waals surface area contributed by atoms with E-state index < -0.39 is 5.97 Å². The largest absolute Gasteiger partial charge is 0.465 e. The van der Waals surface area contributed by atoms with E-state index in [0.717, 1.165) is 0 Å². The van der Waals surface area contributed by atoms with Gasteiger partial charge in [0.05, 0.1) is 18.2 Å². The zero-order chi connectivity index (χ0) is 14.4. The monoisotopic (exact) mass is 257 g/mol. The Bertz CT molecular complexity index is 548. The average molecular weight is 257 g/mol. The third kappa shape index (κ3) is 3.78. The van der Waals surface area contributed by atoms with Crippen LogP contribution in [0.5, 0.6) is 0 Å². The first-order chi connectivity index (χ1) is 8.99. The molecule has 4 nitrogen and oxygen atoms in total. The molecule has 0 saturated carbocycles. The fourth-order valence-electron chi connectivity index (χ4n) is 1.47. The van der Waals surface area contributed by atoms with E-state index in [1.54, 1.807) is 38.1 Å². The van der Waals surface area contributed by atoms with Crippen molar-refractivity contribution in [3.05, 3.63) is 41.0 Å². The number of ketones is 1. The van der Waals surface area contributed by atoms with Crippen LogP contribution in [0.25, 0.3) is 6.08 Å². The molecule has 0 spiro atoms. The van der Waals surface area contributed by atoms with E-state index in [4.69, 9.17) is 5.26 Å². The third-order valence-electron chi connectivity index (χ3n) is 2.55. The number of allylic oxidation sites excluding steroid dienone is 1. The summed E-state index contributed by atoms with van der Waals surface area (Å²) in [5, 5.41) is 8.97. The van der Waals surface area contributed by atoms with Gasteiger partial charge in [0.2, 0.25) is 0 Å². The highest BCUT2D eigenvalue weighted by atomic mass is 16.5. The summed E-state index contributed by atoms with van der Waals surface area (Å²) in [6.07, 6.45) is 1.52. The molecule has 0 aromatic heterocycles. The van der Waals surface area contributed by atoms with Crippen LogP contribution in [0, 0.1) is 17.2 Å². The number of ether oxygens (including phenoxy) is 1. The molecule has 0 aliphatic carbocycles. The Kier molecular flexibility index (Phi) is 5.01. The molecule has 98 valence electrons. The summed E-state index contributed by atoms with van der Waals surface area (Å²) >= 11 is 0. The lowest BCUT2D eigenvalue weighted by Crippen LogP contribution is -2.08. The molecule has 1 rings (SSSR count). The first-order valence-corrected chi connectivity index (χ1v) is 5.84. The lowest BCUT2D eigenvalue weighted by molar-refractivity contribution is -0.117. The van der Waals surface area contributed by atoms with Crippen molar-refractivity contribution >= 4 is 17.8 Å². The van der Waals surface area contributed by atoms with Crippen molar-refractivity contribution in [2.45, 2.75) is 13.8 Å². The maximum atomic E-state index is 11.7. The molecule has 1 aromatic rings. The molecule has 0 N–H and O–H groups in total. The Balaban J connectivity index is 3.02. The van der Waals surface area contributed by atoms with Gasteiger partial charge in [0, 0.05) is 5.92 Å². The zero-order valence-electron chi connectivity index (χ0n) is 11.1. The van der Waals surface area contributed by atoms with E-state index in [2.05, 4.69) is 4.74 Å². The van der Waals surface area contributed by atoms with Gasteiger partial charge in [0.15, 0.2) is 5.78 Å². The minimum atomic E-state index is -0.422. The second-order valence-corrected chi connectivity index (χ2v) is 4.30. The van der Waals surface area contributed by atoms with Crippen LogP contribution in [0.3, 0.4) is 0 Å². The second kappa shape index (κ2) is 6.50. The highest BCUT2D eigenvalue weighted by molar-refractivity contribution is 6.04. The summed E-state index contributed by atoms with van der Waals surface area (Å²) in [7, 11) is 1.31. The maximum Gasteiger partial charge on any atom is 0.337 e. The molecule has 0 atom stereocenters. The molecule has 0 heterocycles. The molecule has 0 radical (unpaired) electrons. The number of nitriles is 1. The molecule has 0 unspecified atom stereocenters. The van der Waals surface area contributed by atoms with Crippen LogP contribution in [0.15, 0.2) is 29.8 Å². The van der Waals surface area contributed by atoms with E-state index in [0.29, 0.717) is 11.1 Å². The molecular formula is C15H15NO3. The highest BCUT2D eigenvalue weighted by Gasteiger charge is 2.13. The topological polar surface area (TPSA) is 67.2 Å². The van der Waals surface area contributed by atoms with Crippen molar-refractivity contribution in [3.8, 4) is 6.07 Å². The Hall–Kier alpha value is -2.41. The van der Waals surface area contributed by atoms with Gasteiger partial charge in [-0.25, -0.2) is 4.79 Å². The van der Waals surface area contributed by atoms with Gasteiger partial charge in [0.25, 0.3) is 0 Å². The summed E-state index contributed by atoms with van der Waals surface area (Å²) in [5.74, 6) is -0.839. The second-order valence-electron chi connectivity index (χ2n) is 4.30. The summed E-state index contributed by atoms with van der Waals surface area (Å²) < 4.78 is 4.59. The van der Waals surface area contributed by atoms with Crippen molar-refractivity contribution in [1.82, 2.24) is 0 Å². The molecular weight excluding hydrogens is 242 g/mol. The summed E-state index contributed by atoms with van der Waals surface area (Å²) in [6, 6.07) is 8.41. The number of benzene rings is 1. The number of hydrogen-bond acceptors (Lipinski definition) is 4. The minimum absolute atomic E-state index is 0.112. The van der Waals surface area contributed by atoms with E-state index in [-0.39, 0.29) is 17.3 Å². The van der Waals surface area contributed by atoms with Gasteiger partial charge < -0.3 is 4.74 Å². The number of esters is 1. The van der Waals surface area contributed by atoms with Gasteiger partial charge >= 0.3 is 5.97 Å². The van der Waals surface area contributed by atoms with Crippen molar-refractivity contribution < 1.29 is 14.3 Å². The van der Waals surface area contributed by atoms with E-state index in [9.17, 15) is 9.59 Å². The Morgan fingerprint density at radius 2 is 1.84 bits per heavy atom. The van der Waals surface area contributed by atoms with E-state index in [1.165, 1.54) is 13.2 Å². The van der Waals surface area contributed by atoms with Crippen molar-refractivity contribution in [3.63, 3.8) is 0 Å². The van der Waals surface area contributed by atoms with Crippen LogP contribution in [-0.2, 0) is 9.53 Å². The number of carbonyl (C=O) groups excluding carboxylic acids is 2. The van der Waals surface area contributed by atoms with Gasteiger partial charge in [-0.1, -0.05) is 26.0 Å². The summed E-state index contributed by atoms with van der Waals surface area (Å²) in [5.41, 5.74) is 1.23. The Morgan fingerprint density at radius 3 is 2.26 bits per heavy atom. The molecule has 0 bridgehead atoms. The lowest BCUT2D eigenvalue weighted by Gasteiger charge is -2.03. The number of Topliss-reactive ketones (excluding diaryl/α,β-unsaturated/α-hetero) is 1. The SMILES string of the molecule is COC(=O)c1ccc(/C=C(/C#N)C(=O)C(C)C)cc1. The third-order valence-corrected chi connectivity index (χ3v) is 2.55. The fourth-order valence-corrected chi connectivity index (χ4v) is 1.47. The molecule has 1 aromatic carbocycles. The number of rotatable bonds is 4. The van der Waals surface area contributed by atoms with E-state index >= 15 is 0 Å². The Labute approximate surface area is 112 Å². The van der Waals surface area contributed by atoms with Crippen molar-refractivity contribution in [1.29, 1.82) is 5.26 Å². The summed E-state index contributed by atoms with van der Waals surface area (Å²) in [4.78, 5) is 23.0. The van der Waals surface area contributed by atoms with Crippen LogP contribution in [0.1, 0.15) is 29.8 Å². The number of methoxy groups -OCH3 is 1. The molecule has 4 heteroatoms. The van der Waals surface area contributed by atoms with Crippen LogP contribution in [0.4, 0.5) is 0 Å². The van der Waals surface area contributed by atoms with Crippen LogP contribution in [0.2, 0.25) is 0 Å². The van der Waals surface area contributed by atoms with E-state index in [1.807, 2.05) is 6.07 Å². The number of hydrogen-bond donors (Lipinski definition) is 0. The minimum Gasteiger partial charge on any atom is -0.465 e. The lowest BCUT2D eigenvalue weighted by atomic mass is 9.99. The molecule has 0 amide bonds. The van der Waals surface area contributed by atoms with Gasteiger partial charge in [-0.2, -0.15) is 5.26 Å². The van der Waals surface area contributed by atoms with Gasteiger partial charge in [-0.15, -0.1) is 0 Å². The zero-order valence-corrected chi connectivity index (χ0v) is 11.1. The molecule has 0 saturated heterocycles. The first-order valence-electron chi connectivity index (χ1n) is 5.84. The Morgan fingerprint density at radius 1 is 1.26 bits per heavy atom. The van der Waals surface area contributed by atoms with Crippen LogP contribution < -0.4 is 0 Å². The van der Waals surface area contributed by atoms with Crippen molar-refractivity contribution in [2.75, 3.05) is 7.11 Å². The predicted molar refractivity (Wildman–Crippen MR) is 71.2 cm³/mol. The average Bonchev–Trinajstić information content (AvgIpc) is 2.43.